The molecule has 21 heavy (non-hydrogen) atoms. The Hall–Kier alpha value is -1.50. The molecule has 0 spiro atoms. The van der Waals surface area contributed by atoms with Gasteiger partial charge in [0.15, 0.2) is 0 Å². The molecule has 1 unspecified atom stereocenters. The molecule has 2 rings (SSSR count). The van der Waals surface area contributed by atoms with Gasteiger partial charge >= 0.3 is 0 Å². The van der Waals surface area contributed by atoms with Crippen LogP contribution in [0.1, 0.15) is 19.2 Å². The van der Waals surface area contributed by atoms with E-state index >= 15 is 0 Å². The van der Waals surface area contributed by atoms with E-state index in [1.165, 1.54) is 0 Å². The predicted molar refractivity (Wildman–Crippen MR) is 80.2 cm³/mol. The van der Waals surface area contributed by atoms with Gasteiger partial charge in [0.2, 0.25) is 11.7 Å². The fourth-order valence-electron chi connectivity index (χ4n) is 1.93. The zero-order valence-corrected chi connectivity index (χ0v) is 12.9. The number of aromatic nitrogens is 3. The van der Waals surface area contributed by atoms with Gasteiger partial charge in [-0.1, -0.05) is 23.7 Å². The van der Waals surface area contributed by atoms with Crippen molar-refractivity contribution in [3.63, 3.8) is 0 Å². The second kappa shape index (κ2) is 8.07. The van der Waals surface area contributed by atoms with Gasteiger partial charge in [-0.15, -0.1) is 0 Å². The lowest BCUT2D eigenvalue weighted by atomic mass is 10.2. The average Bonchev–Trinajstić information content (AvgIpc) is 2.94. The van der Waals surface area contributed by atoms with Crippen molar-refractivity contribution in [3.05, 3.63) is 29.2 Å². The van der Waals surface area contributed by atoms with Gasteiger partial charge in [-0.05, 0) is 25.1 Å². The number of pyridine rings is 1. The average molecular weight is 311 g/mol. The van der Waals surface area contributed by atoms with E-state index in [9.17, 15) is 0 Å². The van der Waals surface area contributed by atoms with E-state index in [0.717, 1.165) is 13.0 Å². The van der Waals surface area contributed by atoms with Gasteiger partial charge in [-0.2, -0.15) is 4.98 Å². The van der Waals surface area contributed by atoms with Gasteiger partial charge in [0.1, 0.15) is 5.69 Å². The summed E-state index contributed by atoms with van der Waals surface area (Å²) in [5, 5.41) is 7.83. The van der Waals surface area contributed by atoms with Crippen molar-refractivity contribution < 1.29 is 9.26 Å². The van der Waals surface area contributed by atoms with Gasteiger partial charge in [0.05, 0.1) is 11.6 Å². The third-order valence-corrected chi connectivity index (χ3v) is 3.22. The van der Waals surface area contributed by atoms with Crippen LogP contribution < -0.4 is 5.32 Å². The number of rotatable bonds is 8. The summed E-state index contributed by atoms with van der Waals surface area (Å²) in [6.07, 6.45) is 3.30. The van der Waals surface area contributed by atoms with Crippen molar-refractivity contribution in [1.29, 1.82) is 0 Å². The maximum atomic E-state index is 6.08. The SMILES string of the molecule is CCCNC(COC)Cc1nc(-c2ncccc2Cl)no1. The Morgan fingerprint density at radius 1 is 1.48 bits per heavy atom. The number of nitrogens with zero attached hydrogens (tertiary/aromatic N) is 3. The molecule has 0 bridgehead atoms. The summed E-state index contributed by atoms with van der Waals surface area (Å²) >= 11 is 6.08. The van der Waals surface area contributed by atoms with Gasteiger partial charge in [0.25, 0.3) is 0 Å². The van der Waals surface area contributed by atoms with Crippen molar-refractivity contribution in [3.8, 4) is 11.5 Å². The second-order valence-electron chi connectivity index (χ2n) is 4.66. The van der Waals surface area contributed by atoms with Gasteiger partial charge in [-0.25, -0.2) is 0 Å². The number of hydrogen-bond donors (Lipinski definition) is 1. The van der Waals surface area contributed by atoms with E-state index < -0.39 is 0 Å². The van der Waals surface area contributed by atoms with E-state index in [1.54, 1.807) is 25.4 Å². The number of nitrogens with one attached hydrogen (secondary N) is 1. The first kappa shape index (κ1) is 15.9. The zero-order chi connectivity index (χ0) is 15.1. The molecule has 1 atom stereocenters. The first-order chi connectivity index (χ1) is 10.2. The molecule has 2 heterocycles. The Morgan fingerprint density at radius 3 is 3.05 bits per heavy atom. The molecule has 0 saturated carbocycles. The minimum atomic E-state index is 0.141. The first-order valence-electron chi connectivity index (χ1n) is 6.90. The molecule has 2 aromatic heterocycles. The molecule has 0 fully saturated rings. The lowest BCUT2D eigenvalue weighted by molar-refractivity contribution is 0.161. The molecule has 2 aromatic rings. The van der Waals surface area contributed by atoms with Crippen molar-refractivity contribution in [2.75, 3.05) is 20.3 Å². The Balaban J connectivity index is 2.06. The van der Waals surface area contributed by atoms with E-state index in [1.807, 2.05) is 0 Å². The van der Waals surface area contributed by atoms with Crippen LogP contribution in [0.5, 0.6) is 0 Å². The minimum Gasteiger partial charge on any atom is -0.383 e. The third-order valence-electron chi connectivity index (χ3n) is 2.91. The molecule has 7 heteroatoms. The van der Waals surface area contributed by atoms with Crippen LogP contribution in [-0.4, -0.2) is 41.4 Å². The van der Waals surface area contributed by atoms with Crippen LogP contribution in [0.15, 0.2) is 22.9 Å². The maximum Gasteiger partial charge on any atom is 0.228 e. The van der Waals surface area contributed by atoms with Gasteiger partial charge in [0, 0.05) is 25.8 Å². The summed E-state index contributed by atoms with van der Waals surface area (Å²) in [7, 11) is 1.67. The van der Waals surface area contributed by atoms with E-state index in [-0.39, 0.29) is 6.04 Å². The highest BCUT2D eigenvalue weighted by Gasteiger charge is 2.16. The molecule has 0 aliphatic carbocycles. The van der Waals surface area contributed by atoms with Crippen LogP contribution in [0.4, 0.5) is 0 Å². The van der Waals surface area contributed by atoms with Crippen LogP contribution >= 0.6 is 11.6 Å². The molecule has 6 nitrogen and oxygen atoms in total. The van der Waals surface area contributed by atoms with E-state index in [2.05, 4.69) is 27.4 Å². The number of halogens is 1. The van der Waals surface area contributed by atoms with Crippen LogP contribution in [0.25, 0.3) is 11.5 Å². The van der Waals surface area contributed by atoms with Crippen molar-refractivity contribution in [2.45, 2.75) is 25.8 Å². The standard InChI is InChI=1S/C14H19ClN4O2/c1-3-6-16-10(9-20-2)8-12-18-14(19-21-12)13-11(15)5-4-7-17-13/h4-5,7,10,16H,3,6,8-9H2,1-2H3. The fourth-order valence-corrected chi connectivity index (χ4v) is 2.14. The molecular weight excluding hydrogens is 292 g/mol. The largest absolute Gasteiger partial charge is 0.383 e. The molecule has 0 aliphatic rings. The normalized spacial score (nSPS) is 12.5. The third kappa shape index (κ3) is 4.49. The Morgan fingerprint density at radius 2 is 2.33 bits per heavy atom. The van der Waals surface area contributed by atoms with E-state index in [4.69, 9.17) is 20.9 Å². The lowest BCUT2D eigenvalue weighted by Gasteiger charge is -2.15. The highest BCUT2D eigenvalue weighted by molar-refractivity contribution is 6.32. The summed E-state index contributed by atoms with van der Waals surface area (Å²) in [5.41, 5.74) is 0.527. The highest BCUT2D eigenvalue weighted by atomic mass is 35.5. The Kier molecular flexibility index (Phi) is 6.10. The molecular formula is C14H19ClN4O2. The molecule has 0 aromatic carbocycles. The minimum absolute atomic E-state index is 0.141. The monoisotopic (exact) mass is 310 g/mol. The number of hydrogen-bond acceptors (Lipinski definition) is 6. The molecule has 0 saturated heterocycles. The van der Waals surface area contributed by atoms with Crippen LogP contribution in [0.2, 0.25) is 5.02 Å². The topological polar surface area (TPSA) is 73.1 Å². The summed E-state index contributed by atoms with van der Waals surface area (Å²) < 4.78 is 10.5. The predicted octanol–water partition coefficient (Wildman–Crippen LogP) is 2.34. The molecule has 1 N–H and O–H groups in total. The fraction of sp³-hybridized carbons (Fsp3) is 0.500. The second-order valence-corrected chi connectivity index (χ2v) is 5.06. The van der Waals surface area contributed by atoms with Crippen molar-refractivity contribution in [2.24, 2.45) is 0 Å². The smallest absolute Gasteiger partial charge is 0.228 e. The summed E-state index contributed by atoms with van der Waals surface area (Å²) in [4.78, 5) is 8.52. The van der Waals surface area contributed by atoms with E-state index in [0.29, 0.717) is 35.5 Å². The highest BCUT2D eigenvalue weighted by Crippen LogP contribution is 2.22. The quantitative estimate of drug-likeness (QED) is 0.807. The van der Waals surface area contributed by atoms with Gasteiger partial charge < -0.3 is 14.6 Å². The van der Waals surface area contributed by atoms with Crippen molar-refractivity contribution in [1.82, 2.24) is 20.4 Å². The summed E-state index contributed by atoms with van der Waals surface area (Å²) in [5.74, 6) is 0.944. The summed E-state index contributed by atoms with van der Waals surface area (Å²) in [6, 6.07) is 3.65. The number of ether oxygens (including phenoxy) is 1. The Bertz CT molecular complexity index is 561. The van der Waals surface area contributed by atoms with Crippen LogP contribution in [0, 0.1) is 0 Å². The van der Waals surface area contributed by atoms with Gasteiger partial charge in [-0.3, -0.25) is 4.98 Å². The van der Waals surface area contributed by atoms with Crippen LogP contribution in [0.3, 0.4) is 0 Å². The molecule has 114 valence electrons. The lowest BCUT2D eigenvalue weighted by Crippen LogP contribution is -2.35. The van der Waals surface area contributed by atoms with Crippen molar-refractivity contribution >= 4 is 11.6 Å². The number of methoxy groups -OCH3 is 1. The molecule has 0 amide bonds. The molecule has 0 aliphatic heterocycles. The summed E-state index contributed by atoms with van der Waals surface area (Å²) in [6.45, 7) is 3.62. The zero-order valence-electron chi connectivity index (χ0n) is 12.2. The maximum absolute atomic E-state index is 6.08. The Labute approximate surface area is 128 Å². The molecule has 0 radical (unpaired) electrons. The first-order valence-corrected chi connectivity index (χ1v) is 7.28. The van der Waals surface area contributed by atoms with Crippen LogP contribution in [-0.2, 0) is 11.2 Å².